The smallest absolute Gasteiger partial charge is 0.208 e. The van der Waals surface area contributed by atoms with Crippen molar-refractivity contribution in [2.24, 2.45) is 0 Å². The van der Waals surface area contributed by atoms with Crippen LogP contribution in [0.4, 0.5) is 17.3 Å². The SMILES string of the molecule is Cc1ccc2c(c1)Cc1cc(C)oc1N2c1cccc2c1CCCC2. The largest absolute Gasteiger partial charge is 0.445 e. The van der Waals surface area contributed by atoms with E-state index in [-0.39, 0.29) is 0 Å². The number of hydrogen-bond acceptors (Lipinski definition) is 2. The summed E-state index contributed by atoms with van der Waals surface area (Å²) < 4.78 is 6.18. The summed E-state index contributed by atoms with van der Waals surface area (Å²) >= 11 is 0. The lowest BCUT2D eigenvalue weighted by Crippen LogP contribution is -2.20. The van der Waals surface area contributed by atoms with Crippen molar-refractivity contribution in [3.8, 4) is 0 Å². The molecular formula is C23H23NO. The Kier molecular flexibility index (Phi) is 3.27. The fourth-order valence-electron chi connectivity index (χ4n) is 4.47. The fraction of sp³-hybridized carbons (Fsp3) is 0.304. The number of rotatable bonds is 1. The maximum Gasteiger partial charge on any atom is 0.208 e. The predicted molar refractivity (Wildman–Crippen MR) is 102 cm³/mol. The van der Waals surface area contributed by atoms with E-state index in [4.69, 9.17) is 4.42 Å². The Bertz CT molecular complexity index is 966. The summed E-state index contributed by atoms with van der Waals surface area (Å²) in [5, 5.41) is 0. The summed E-state index contributed by atoms with van der Waals surface area (Å²) in [4.78, 5) is 2.37. The van der Waals surface area contributed by atoms with Gasteiger partial charge in [-0.1, -0.05) is 29.8 Å². The fourth-order valence-corrected chi connectivity index (χ4v) is 4.47. The van der Waals surface area contributed by atoms with E-state index in [1.54, 1.807) is 0 Å². The molecule has 2 aromatic carbocycles. The van der Waals surface area contributed by atoms with Gasteiger partial charge in [0, 0.05) is 12.0 Å². The van der Waals surface area contributed by atoms with Crippen molar-refractivity contribution < 1.29 is 4.42 Å². The third kappa shape index (κ3) is 2.31. The Morgan fingerprint density at radius 2 is 1.72 bits per heavy atom. The highest BCUT2D eigenvalue weighted by Gasteiger charge is 2.30. The van der Waals surface area contributed by atoms with Gasteiger partial charge in [-0.15, -0.1) is 0 Å². The average molecular weight is 329 g/mol. The summed E-state index contributed by atoms with van der Waals surface area (Å²) in [6.07, 6.45) is 5.90. The van der Waals surface area contributed by atoms with Gasteiger partial charge in [0.1, 0.15) is 5.76 Å². The molecule has 0 fully saturated rings. The Labute approximate surface area is 149 Å². The minimum atomic E-state index is 0.954. The van der Waals surface area contributed by atoms with Crippen molar-refractivity contribution >= 4 is 17.3 Å². The van der Waals surface area contributed by atoms with Crippen LogP contribution in [0.25, 0.3) is 0 Å². The van der Waals surface area contributed by atoms with E-state index >= 15 is 0 Å². The predicted octanol–water partition coefficient (Wildman–Crippen LogP) is 6.15. The van der Waals surface area contributed by atoms with Crippen molar-refractivity contribution in [2.75, 3.05) is 4.90 Å². The molecule has 25 heavy (non-hydrogen) atoms. The monoisotopic (exact) mass is 329 g/mol. The highest BCUT2D eigenvalue weighted by atomic mass is 16.4. The van der Waals surface area contributed by atoms with Crippen LogP contribution in [0.15, 0.2) is 46.9 Å². The van der Waals surface area contributed by atoms with E-state index in [0.717, 1.165) is 24.5 Å². The Hall–Kier alpha value is -2.48. The van der Waals surface area contributed by atoms with E-state index in [9.17, 15) is 0 Å². The van der Waals surface area contributed by atoms with Gasteiger partial charge in [-0.25, -0.2) is 0 Å². The first-order valence-corrected chi connectivity index (χ1v) is 9.30. The van der Waals surface area contributed by atoms with Crippen molar-refractivity contribution in [3.05, 3.63) is 76.0 Å². The first-order chi connectivity index (χ1) is 12.2. The quantitative estimate of drug-likeness (QED) is 0.416. The van der Waals surface area contributed by atoms with E-state index in [1.807, 2.05) is 6.92 Å². The second-order valence-corrected chi connectivity index (χ2v) is 7.45. The zero-order chi connectivity index (χ0) is 17.0. The first kappa shape index (κ1) is 14.8. The number of anilines is 3. The Balaban J connectivity index is 1.76. The highest BCUT2D eigenvalue weighted by Crippen LogP contribution is 2.47. The van der Waals surface area contributed by atoms with Gasteiger partial charge in [0.15, 0.2) is 0 Å². The average Bonchev–Trinajstić information content (AvgIpc) is 2.98. The Morgan fingerprint density at radius 1 is 0.840 bits per heavy atom. The minimum Gasteiger partial charge on any atom is -0.445 e. The van der Waals surface area contributed by atoms with Gasteiger partial charge in [0.25, 0.3) is 0 Å². The number of fused-ring (bicyclic) bond motifs is 3. The van der Waals surface area contributed by atoms with Gasteiger partial charge in [0.05, 0.1) is 11.4 Å². The number of nitrogens with zero attached hydrogens (tertiary/aromatic N) is 1. The van der Waals surface area contributed by atoms with Crippen LogP contribution >= 0.6 is 0 Å². The maximum atomic E-state index is 6.18. The second-order valence-electron chi connectivity index (χ2n) is 7.45. The minimum absolute atomic E-state index is 0.954. The van der Waals surface area contributed by atoms with Crippen molar-refractivity contribution in [3.63, 3.8) is 0 Å². The molecule has 0 bridgehead atoms. The number of hydrogen-bond donors (Lipinski definition) is 0. The molecule has 3 aromatic rings. The third-order valence-corrected chi connectivity index (χ3v) is 5.58. The number of furan rings is 1. The molecule has 1 aromatic heterocycles. The molecular weight excluding hydrogens is 306 g/mol. The van der Waals surface area contributed by atoms with Gasteiger partial charge in [-0.05, 0) is 74.4 Å². The zero-order valence-corrected chi connectivity index (χ0v) is 14.9. The molecule has 0 radical (unpaired) electrons. The molecule has 0 unspecified atom stereocenters. The molecule has 1 aliphatic carbocycles. The molecule has 2 heteroatoms. The number of benzene rings is 2. The van der Waals surface area contributed by atoms with Crippen molar-refractivity contribution in [1.82, 2.24) is 0 Å². The lowest BCUT2D eigenvalue weighted by Gasteiger charge is -2.33. The molecule has 2 nitrogen and oxygen atoms in total. The van der Waals surface area contributed by atoms with E-state index in [0.29, 0.717) is 0 Å². The van der Waals surface area contributed by atoms with Crippen molar-refractivity contribution in [1.29, 1.82) is 0 Å². The van der Waals surface area contributed by atoms with Crippen LogP contribution in [0.2, 0.25) is 0 Å². The van der Waals surface area contributed by atoms with E-state index < -0.39 is 0 Å². The molecule has 2 heterocycles. The summed E-state index contributed by atoms with van der Waals surface area (Å²) in [5.74, 6) is 2.00. The van der Waals surface area contributed by atoms with Crippen LogP contribution in [-0.2, 0) is 19.3 Å². The molecule has 0 amide bonds. The molecule has 0 saturated carbocycles. The van der Waals surface area contributed by atoms with E-state index in [2.05, 4.69) is 54.3 Å². The molecule has 0 N–H and O–H groups in total. The molecule has 1 aliphatic heterocycles. The third-order valence-electron chi connectivity index (χ3n) is 5.58. The van der Waals surface area contributed by atoms with Crippen LogP contribution in [0.3, 0.4) is 0 Å². The van der Waals surface area contributed by atoms with Gasteiger partial charge in [-0.2, -0.15) is 0 Å². The lowest BCUT2D eigenvalue weighted by molar-refractivity contribution is 0.537. The normalized spacial score (nSPS) is 15.5. The summed E-state index contributed by atoms with van der Waals surface area (Å²) in [6.45, 7) is 4.22. The maximum absolute atomic E-state index is 6.18. The van der Waals surface area contributed by atoms with E-state index in [1.165, 1.54) is 58.5 Å². The molecule has 5 rings (SSSR count). The lowest BCUT2D eigenvalue weighted by atomic mass is 9.89. The van der Waals surface area contributed by atoms with Crippen molar-refractivity contribution in [2.45, 2.75) is 46.0 Å². The molecule has 0 spiro atoms. The van der Waals surface area contributed by atoms with Crippen LogP contribution in [0.5, 0.6) is 0 Å². The van der Waals surface area contributed by atoms with Gasteiger partial charge < -0.3 is 4.42 Å². The van der Waals surface area contributed by atoms with Crippen LogP contribution < -0.4 is 4.90 Å². The molecule has 2 aliphatic rings. The molecule has 0 saturated heterocycles. The van der Waals surface area contributed by atoms with Gasteiger partial charge >= 0.3 is 0 Å². The standard InChI is InChI=1S/C23H23NO/c1-15-10-11-21-18(12-15)14-19-13-16(2)25-23(19)24(21)22-9-5-7-17-6-3-4-8-20(17)22/h5,7,9-13H,3-4,6,8,14H2,1-2H3. The first-order valence-electron chi connectivity index (χ1n) is 9.30. The Morgan fingerprint density at radius 3 is 2.64 bits per heavy atom. The summed E-state index contributed by atoms with van der Waals surface area (Å²) in [5.41, 5.74) is 9.59. The van der Waals surface area contributed by atoms with Crippen LogP contribution in [0.1, 0.15) is 46.4 Å². The topological polar surface area (TPSA) is 16.4 Å². The van der Waals surface area contributed by atoms with Gasteiger partial charge in [-0.3, -0.25) is 4.90 Å². The summed E-state index contributed by atoms with van der Waals surface area (Å²) in [6, 6.07) is 15.8. The highest BCUT2D eigenvalue weighted by molar-refractivity contribution is 5.83. The molecule has 0 atom stereocenters. The molecule has 126 valence electrons. The number of aryl methyl sites for hydroxylation is 3. The van der Waals surface area contributed by atoms with Gasteiger partial charge in [0.2, 0.25) is 5.88 Å². The van der Waals surface area contributed by atoms with Crippen LogP contribution in [0, 0.1) is 13.8 Å². The zero-order valence-electron chi connectivity index (χ0n) is 14.9. The summed E-state index contributed by atoms with van der Waals surface area (Å²) in [7, 11) is 0. The second kappa shape index (κ2) is 5.52. The van der Waals surface area contributed by atoms with Crippen LogP contribution in [-0.4, -0.2) is 0 Å².